The van der Waals surface area contributed by atoms with Gasteiger partial charge in [-0.2, -0.15) is 0 Å². The van der Waals surface area contributed by atoms with Gasteiger partial charge in [0, 0.05) is 17.3 Å². The Kier molecular flexibility index (Phi) is 7.66. The van der Waals surface area contributed by atoms with Gasteiger partial charge in [0.1, 0.15) is 6.61 Å². The number of aromatic carboxylic acids is 1. The molecule has 0 amide bonds. The van der Waals surface area contributed by atoms with Crippen LogP contribution in [0.4, 0.5) is 5.69 Å². The monoisotopic (exact) mass is 459 g/mol. The van der Waals surface area contributed by atoms with Crippen molar-refractivity contribution in [2.45, 2.75) is 27.0 Å². The van der Waals surface area contributed by atoms with E-state index >= 15 is 0 Å². The average Bonchev–Trinajstić information content (AvgIpc) is 2.72. The van der Waals surface area contributed by atoms with E-state index in [0.717, 1.165) is 22.4 Å². The lowest BCUT2D eigenvalue weighted by Gasteiger charge is -2.16. The van der Waals surface area contributed by atoms with Crippen LogP contribution >= 0.6 is 23.2 Å². The molecule has 0 spiro atoms. The zero-order chi connectivity index (χ0) is 22.4. The SMILES string of the molecule is CCOc1cc(CNc2cc(C(=O)O)ccc2C)cc(Cl)c1OCc1cccc(Cl)c1. The van der Waals surface area contributed by atoms with E-state index in [1.807, 2.05) is 38.1 Å². The van der Waals surface area contributed by atoms with Gasteiger partial charge in [0.05, 0.1) is 17.2 Å². The zero-order valence-electron chi connectivity index (χ0n) is 17.2. The molecule has 3 aromatic rings. The minimum Gasteiger partial charge on any atom is -0.490 e. The molecule has 0 saturated heterocycles. The van der Waals surface area contributed by atoms with Crippen molar-refractivity contribution in [2.75, 3.05) is 11.9 Å². The van der Waals surface area contributed by atoms with Crippen LogP contribution in [0, 0.1) is 6.92 Å². The van der Waals surface area contributed by atoms with Crippen LogP contribution in [0.1, 0.15) is 34.0 Å². The molecular formula is C24H23Cl2NO4. The summed E-state index contributed by atoms with van der Waals surface area (Å²) in [5, 5.41) is 13.6. The molecule has 0 aliphatic rings. The maximum atomic E-state index is 11.2. The predicted molar refractivity (Wildman–Crippen MR) is 124 cm³/mol. The Morgan fingerprint density at radius 3 is 2.55 bits per heavy atom. The van der Waals surface area contributed by atoms with Crippen molar-refractivity contribution in [3.8, 4) is 11.5 Å². The van der Waals surface area contributed by atoms with Crippen molar-refractivity contribution in [3.05, 3.63) is 86.9 Å². The minimum atomic E-state index is -0.967. The largest absolute Gasteiger partial charge is 0.490 e. The van der Waals surface area contributed by atoms with Gasteiger partial charge in [0.2, 0.25) is 0 Å². The van der Waals surface area contributed by atoms with Crippen LogP contribution in [0.3, 0.4) is 0 Å². The summed E-state index contributed by atoms with van der Waals surface area (Å²) in [6.07, 6.45) is 0. The number of aryl methyl sites for hydroxylation is 1. The molecule has 5 nitrogen and oxygen atoms in total. The van der Waals surface area contributed by atoms with Gasteiger partial charge in [-0.25, -0.2) is 4.79 Å². The summed E-state index contributed by atoms with van der Waals surface area (Å²) in [6, 6.07) is 16.1. The first-order valence-electron chi connectivity index (χ1n) is 9.77. The summed E-state index contributed by atoms with van der Waals surface area (Å²) in [7, 11) is 0. The second-order valence-electron chi connectivity index (χ2n) is 6.94. The first-order chi connectivity index (χ1) is 14.9. The van der Waals surface area contributed by atoms with E-state index in [1.54, 1.807) is 30.3 Å². The lowest BCUT2D eigenvalue weighted by Crippen LogP contribution is -2.05. The molecule has 2 N–H and O–H groups in total. The molecule has 7 heteroatoms. The van der Waals surface area contributed by atoms with E-state index in [9.17, 15) is 9.90 Å². The Balaban J connectivity index is 1.78. The van der Waals surface area contributed by atoms with Crippen molar-refractivity contribution in [2.24, 2.45) is 0 Å². The Bertz CT molecular complexity index is 1090. The van der Waals surface area contributed by atoms with Gasteiger partial charge in [-0.1, -0.05) is 41.4 Å². The molecule has 0 aliphatic carbocycles. The first kappa shape index (κ1) is 22.8. The van der Waals surface area contributed by atoms with Crippen LogP contribution in [0.15, 0.2) is 54.6 Å². The molecule has 0 bridgehead atoms. The van der Waals surface area contributed by atoms with E-state index < -0.39 is 5.97 Å². The third-order valence-corrected chi connectivity index (χ3v) is 5.12. The van der Waals surface area contributed by atoms with Gasteiger partial charge in [-0.15, -0.1) is 0 Å². The summed E-state index contributed by atoms with van der Waals surface area (Å²) >= 11 is 12.5. The second-order valence-corrected chi connectivity index (χ2v) is 7.79. The number of carboxylic acid groups (broad SMARTS) is 1. The summed E-state index contributed by atoms with van der Waals surface area (Å²) in [6.45, 7) is 5.01. The van der Waals surface area contributed by atoms with Crippen LogP contribution in [0.25, 0.3) is 0 Å². The summed E-state index contributed by atoms with van der Waals surface area (Å²) in [5.41, 5.74) is 3.72. The fourth-order valence-electron chi connectivity index (χ4n) is 3.05. The quantitative estimate of drug-likeness (QED) is 0.377. The molecule has 0 unspecified atom stereocenters. The van der Waals surface area contributed by atoms with Crippen molar-refractivity contribution in [1.29, 1.82) is 0 Å². The molecule has 0 fully saturated rings. The smallest absolute Gasteiger partial charge is 0.335 e. The Hall–Kier alpha value is -2.89. The predicted octanol–water partition coefficient (Wildman–Crippen LogP) is 6.59. The average molecular weight is 460 g/mol. The van der Waals surface area contributed by atoms with Crippen molar-refractivity contribution >= 4 is 34.9 Å². The van der Waals surface area contributed by atoms with Crippen molar-refractivity contribution < 1.29 is 19.4 Å². The third kappa shape index (κ3) is 6.06. The lowest BCUT2D eigenvalue weighted by atomic mass is 10.1. The molecule has 0 aliphatic heterocycles. The second kappa shape index (κ2) is 10.4. The number of nitrogens with one attached hydrogen (secondary N) is 1. The summed E-state index contributed by atoms with van der Waals surface area (Å²) < 4.78 is 11.7. The molecule has 0 saturated carbocycles. The molecule has 0 aromatic heterocycles. The summed E-state index contributed by atoms with van der Waals surface area (Å²) in [4.78, 5) is 11.2. The molecule has 0 atom stereocenters. The highest BCUT2D eigenvalue weighted by atomic mass is 35.5. The number of carbonyl (C=O) groups is 1. The van der Waals surface area contributed by atoms with Gasteiger partial charge in [0.15, 0.2) is 11.5 Å². The summed E-state index contributed by atoms with van der Waals surface area (Å²) in [5.74, 6) is 0.0482. The first-order valence-corrected chi connectivity index (χ1v) is 10.5. The normalized spacial score (nSPS) is 10.6. The standard InChI is InChI=1S/C24H23Cl2NO4/c1-3-30-22-11-17(13-27-21-12-18(24(28)29)8-7-15(21)2)10-20(26)23(22)31-14-16-5-4-6-19(25)9-16/h4-12,27H,3,13-14H2,1-2H3,(H,28,29). The van der Waals surface area contributed by atoms with Crippen molar-refractivity contribution in [1.82, 2.24) is 0 Å². The fourth-order valence-corrected chi connectivity index (χ4v) is 3.55. The van der Waals surface area contributed by atoms with E-state index in [2.05, 4.69) is 5.32 Å². The molecular weight excluding hydrogens is 437 g/mol. The maximum absolute atomic E-state index is 11.2. The molecule has 31 heavy (non-hydrogen) atoms. The van der Waals surface area contributed by atoms with Crippen LogP contribution in [0.5, 0.6) is 11.5 Å². The minimum absolute atomic E-state index is 0.228. The Morgan fingerprint density at radius 2 is 1.84 bits per heavy atom. The highest BCUT2D eigenvalue weighted by Gasteiger charge is 2.14. The maximum Gasteiger partial charge on any atom is 0.335 e. The molecule has 3 aromatic carbocycles. The number of rotatable bonds is 9. The number of hydrogen-bond acceptors (Lipinski definition) is 4. The van der Waals surface area contributed by atoms with E-state index in [4.69, 9.17) is 32.7 Å². The molecule has 162 valence electrons. The third-order valence-electron chi connectivity index (χ3n) is 4.61. The van der Waals surface area contributed by atoms with E-state index in [0.29, 0.717) is 41.3 Å². The highest BCUT2D eigenvalue weighted by molar-refractivity contribution is 6.32. The van der Waals surface area contributed by atoms with Gasteiger partial charge >= 0.3 is 5.97 Å². The van der Waals surface area contributed by atoms with Crippen LogP contribution in [-0.4, -0.2) is 17.7 Å². The van der Waals surface area contributed by atoms with Crippen LogP contribution in [0.2, 0.25) is 10.0 Å². The number of benzene rings is 3. The number of halogens is 2. The molecule has 0 heterocycles. The van der Waals surface area contributed by atoms with E-state index in [1.165, 1.54) is 0 Å². The number of anilines is 1. The van der Waals surface area contributed by atoms with Crippen LogP contribution < -0.4 is 14.8 Å². The number of hydrogen-bond donors (Lipinski definition) is 2. The number of carboxylic acids is 1. The topological polar surface area (TPSA) is 67.8 Å². The van der Waals surface area contributed by atoms with Crippen LogP contribution in [-0.2, 0) is 13.2 Å². The number of ether oxygens (including phenoxy) is 2. The lowest BCUT2D eigenvalue weighted by molar-refractivity contribution is 0.0697. The van der Waals surface area contributed by atoms with E-state index in [-0.39, 0.29) is 5.56 Å². The Labute approximate surface area is 191 Å². The van der Waals surface area contributed by atoms with Gasteiger partial charge < -0.3 is 19.9 Å². The van der Waals surface area contributed by atoms with Gasteiger partial charge in [0.25, 0.3) is 0 Å². The zero-order valence-corrected chi connectivity index (χ0v) is 18.8. The van der Waals surface area contributed by atoms with Gasteiger partial charge in [-0.3, -0.25) is 0 Å². The highest BCUT2D eigenvalue weighted by Crippen LogP contribution is 2.37. The van der Waals surface area contributed by atoms with Crippen molar-refractivity contribution in [3.63, 3.8) is 0 Å². The molecule has 3 rings (SSSR count). The fraction of sp³-hybridized carbons (Fsp3) is 0.208. The van der Waals surface area contributed by atoms with Gasteiger partial charge in [-0.05, 0) is 66.9 Å². The molecule has 0 radical (unpaired) electrons. The Morgan fingerprint density at radius 1 is 1.03 bits per heavy atom.